The van der Waals surface area contributed by atoms with Crippen molar-refractivity contribution in [2.45, 2.75) is 19.4 Å². The SMILES string of the molecule is COC(=O)C1CNCC(C(=O)NCCc2cncn2Cc2ccc(C#N)cc2)C1. The van der Waals surface area contributed by atoms with Gasteiger partial charge in [-0.05, 0) is 24.1 Å². The van der Waals surface area contributed by atoms with Crippen molar-refractivity contribution in [3.05, 3.63) is 53.6 Å². The molecule has 2 aromatic rings. The fourth-order valence-corrected chi connectivity index (χ4v) is 3.53. The van der Waals surface area contributed by atoms with E-state index in [1.807, 2.05) is 16.7 Å². The number of hydrogen-bond acceptors (Lipinski definition) is 6. The number of nitriles is 1. The molecular formula is C21H25N5O3. The second-order valence-electron chi connectivity index (χ2n) is 7.17. The summed E-state index contributed by atoms with van der Waals surface area (Å²) in [5.74, 6) is -0.847. The van der Waals surface area contributed by atoms with E-state index in [1.165, 1.54) is 7.11 Å². The summed E-state index contributed by atoms with van der Waals surface area (Å²) in [5, 5.41) is 15.0. The Kier molecular flexibility index (Phi) is 6.98. The largest absolute Gasteiger partial charge is 0.469 e. The lowest BCUT2D eigenvalue weighted by Crippen LogP contribution is -2.46. The molecule has 0 aliphatic carbocycles. The van der Waals surface area contributed by atoms with Gasteiger partial charge in [-0.25, -0.2) is 4.98 Å². The van der Waals surface area contributed by atoms with Crippen molar-refractivity contribution in [3.8, 4) is 6.07 Å². The molecule has 2 unspecified atom stereocenters. The molecular weight excluding hydrogens is 370 g/mol. The predicted molar refractivity (Wildman–Crippen MR) is 106 cm³/mol. The molecule has 1 aliphatic heterocycles. The van der Waals surface area contributed by atoms with E-state index in [0.29, 0.717) is 44.6 Å². The molecule has 3 rings (SSSR count). The van der Waals surface area contributed by atoms with Crippen LogP contribution in [0.5, 0.6) is 0 Å². The molecule has 1 saturated heterocycles. The Morgan fingerprint density at radius 2 is 2.07 bits per heavy atom. The zero-order valence-corrected chi connectivity index (χ0v) is 16.4. The number of amides is 1. The Morgan fingerprint density at radius 3 is 2.79 bits per heavy atom. The standard InChI is InChI=1S/C21H25N5O3/c1-29-21(28)18-8-17(10-23-11-18)20(27)25-7-6-19-12-24-14-26(19)13-16-4-2-15(9-22)3-5-16/h2-5,12,14,17-18,23H,6-8,10-11,13H2,1H3,(H,25,27). The second-order valence-corrected chi connectivity index (χ2v) is 7.17. The van der Waals surface area contributed by atoms with E-state index in [2.05, 4.69) is 21.7 Å². The number of methoxy groups -OCH3 is 1. The van der Waals surface area contributed by atoms with Crippen molar-refractivity contribution in [2.75, 3.05) is 26.7 Å². The van der Waals surface area contributed by atoms with Crippen molar-refractivity contribution in [2.24, 2.45) is 11.8 Å². The van der Waals surface area contributed by atoms with Gasteiger partial charge in [-0.1, -0.05) is 12.1 Å². The van der Waals surface area contributed by atoms with Crippen LogP contribution in [0.25, 0.3) is 0 Å². The van der Waals surface area contributed by atoms with E-state index in [-0.39, 0.29) is 23.7 Å². The summed E-state index contributed by atoms with van der Waals surface area (Å²) in [7, 11) is 1.37. The minimum atomic E-state index is -0.279. The predicted octanol–water partition coefficient (Wildman–Crippen LogP) is 0.860. The Labute approximate surface area is 169 Å². The molecule has 0 radical (unpaired) electrons. The molecule has 1 aromatic carbocycles. The first-order valence-electron chi connectivity index (χ1n) is 9.65. The number of imidazole rings is 1. The zero-order valence-electron chi connectivity index (χ0n) is 16.4. The van der Waals surface area contributed by atoms with Gasteiger partial charge in [-0.2, -0.15) is 5.26 Å². The maximum absolute atomic E-state index is 12.5. The Hall–Kier alpha value is -3.18. The van der Waals surface area contributed by atoms with E-state index < -0.39 is 0 Å². The van der Waals surface area contributed by atoms with Gasteiger partial charge in [0.1, 0.15) is 0 Å². The van der Waals surface area contributed by atoms with Gasteiger partial charge in [0.25, 0.3) is 0 Å². The molecule has 152 valence electrons. The molecule has 1 aromatic heterocycles. The molecule has 1 amide bonds. The van der Waals surface area contributed by atoms with Gasteiger partial charge in [0.2, 0.25) is 5.91 Å². The molecule has 1 fully saturated rings. The maximum atomic E-state index is 12.5. The molecule has 29 heavy (non-hydrogen) atoms. The fourth-order valence-electron chi connectivity index (χ4n) is 3.53. The van der Waals surface area contributed by atoms with Crippen LogP contribution < -0.4 is 10.6 Å². The Balaban J connectivity index is 1.49. The quantitative estimate of drug-likeness (QED) is 0.673. The van der Waals surface area contributed by atoms with Gasteiger partial charge in [0.15, 0.2) is 0 Å². The molecule has 8 nitrogen and oxygen atoms in total. The van der Waals surface area contributed by atoms with E-state index in [4.69, 9.17) is 10.00 Å². The third-order valence-corrected chi connectivity index (χ3v) is 5.17. The number of aromatic nitrogens is 2. The molecule has 0 spiro atoms. The van der Waals surface area contributed by atoms with Crippen molar-refractivity contribution < 1.29 is 14.3 Å². The molecule has 1 aliphatic rings. The molecule has 8 heteroatoms. The van der Waals surface area contributed by atoms with Gasteiger partial charge in [-0.15, -0.1) is 0 Å². The monoisotopic (exact) mass is 395 g/mol. The summed E-state index contributed by atoms with van der Waals surface area (Å²) in [4.78, 5) is 28.4. The summed E-state index contributed by atoms with van der Waals surface area (Å²) >= 11 is 0. The number of piperidine rings is 1. The number of hydrogen-bond donors (Lipinski definition) is 2. The number of benzene rings is 1. The number of rotatable bonds is 7. The average Bonchev–Trinajstić information content (AvgIpc) is 3.20. The minimum Gasteiger partial charge on any atom is -0.469 e. The first-order valence-corrected chi connectivity index (χ1v) is 9.65. The molecule has 2 atom stereocenters. The van der Waals surface area contributed by atoms with E-state index in [9.17, 15) is 9.59 Å². The van der Waals surface area contributed by atoms with Crippen LogP contribution in [0.15, 0.2) is 36.8 Å². The summed E-state index contributed by atoms with van der Waals surface area (Å²) in [5.41, 5.74) is 2.73. The minimum absolute atomic E-state index is 0.0516. The highest BCUT2D eigenvalue weighted by atomic mass is 16.5. The number of carbonyl (C=O) groups is 2. The van der Waals surface area contributed by atoms with Crippen molar-refractivity contribution >= 4 is 11.9 Å². The van der Waals surface area contributed by atoms with E-state index >= 15 is 0 Å². The fraction of sp³-hybridized carbons (Fsp3) is 0.429. The van der Waals surface area contributed by atoms with Crippen LogP contribution in [0, 0.1) is 23.2 Å². The number of esters is 1. The van der Waals surface area contributed by atoms with E-state index in [0.717, 1.165) is 11.3 Å². The van der Waals surface area contributed by atoms with Crippen LogP contribution in [0.3, 0.4) is 0 Å². The van der Waals surface area contributed by atoms with Gasteiger partial charge in [0, 0.05) is 44.5 Å². The molecule has 0 bridgehead atoms. The molecule has 2 heterocycles. The van der Waals surface area contributed by atoms with Crippen LogP contribution in [-0.4, -0.2) is 48.2 Å². The van der Waals surface area contributed by atoms with Crippen LogP contribution in [0.2, 0.25) is 0 Å². The van der Waals surface area contributed by atoms with Crippen LogP contribution >= 0.6 is 0 Å². The average molecular weight is 395 g/mol. The highest BCUT2D eigenvalue weighted by Gasteiger charge is 2.31. The number of nitrogens with zero attached hydrogens (tertiary/aromatic N) is 3. The summed E-state index contributed by atoms with van der Waals surface area (Å²) < 4.78 is 6.82. The first-order chi connectivity index (χ1) is 14.1. The lowest BCUT2D eigenvalue weighted by molar-refractivity contribution is -0.147. The third-order valence-electron chi connectivity index (χ3n) is 5.17. The van der Waals surface area contributed by atoms with E-state index in [1.54, 1.807) is 24.7 Å². The van der Waals surface area contributed by atoms with Crippen LogP contribution in [0.4, 0.5) is 0 Å². The van der Waals surface area contributed by atoms with Crippen LogP contribution in [-0.2, 0) is 27.3 Å². The first kappa shape index (κ1) is 20.6. The smallest absolute Gasteiger partial charge is 0.309 e. The summed E-state index contributed by atoms with van der Waals surface area (Å²) in [6.07, 6.45) is 4.72. The molecule has 0 saturated carbocycles. The van der Waals surface area contributed by atoms with Gasteiger partial charge in [0.05, 0.1) is 36.9 Å². The zero-order chi connectivity index (χ0) is 20.6. The topological polar surface area (TPSA) is 109 Å². The highest BCUT2D eigenvalue weighted by molar-refractivity contribution is 5.80. The number of carbonyl (C=O) groups excluding carboxylic acids is 2. The normalized spacial score (nSPS) is 18.6. The van der Waals surface area contributed by atoms with Crippen molar-refractivity contribution in [1.29, 1.82) is 5.26 Å². The lowest BCUT2D eigenvalue weighted by atomic mass is 9.90. The molecule has 2 N–H and O–H groups in total. The maximum Gasteiger partial charge on any atom is 0.309 e. The van der Waals surface area contributed by atoms with Gasteiger partial charge < -0.3 is 19.9 Å². The number of nitrogens with one attached hydrogen (secondary N) is 2. The van der Waals surface area contributed by atoms with Crippen LogP contribution in [0.1, 0.15) is 23.2 Å². The summed E-state index contributed by atoms with van der Waals surface area (Å²) in [6.45, 7) is 2.26. The van der Waals surface area contributed by atoms with Crippen molar-refractivity contribution in [1.82, 2.24) is 20.2 Å². The van der Waals surface area contributed by atoms with Gasteiger partial charge in [-0.3, -0.25) is 9.59 Å². The third kappa shape index (κ3) is 5.42. The van der Waals surface area contributed by atoms with Gasteiger partial charge >= 0.3 is 5.97 Å². The Morgan fingerprint density at radius 1 is 1.31 bits per heavy atom. The van der Waals surface area contributed by atoms with Crippen molar-refractivity contribution in [3.63, 3.8) is 0 Å². The second kappa shape index (κ2) is 9.85. The Bertz CT molecular complexity index is 884. The number of ether oxygens (including phenoxy) is 1. The highest BCUT2D eigenvalue weighted by Crippen LogP contribution is 2.18. The lowest BCUT2D eigenvalue weighted by Gasteiger charge is -2.27. The summed E-state index contributed by atoms with van der Waals surface area (Å²) in [6, 6.07) is 9.56.